The van der Waals surface area contributed by atoms with Crippen LogP contribution in [-0.2, 0) is 0 Å². The van der Waals surface area contributed by atoms with E-state index in [1.807, 2.05) is 0 Å². The lowest BCUT2D eigenvalue weighted by Crippen LogP contribution is -2.47. The van der Waals surface area contributed by atoms with Gasteiger partial charge in [0.1, 0.15) is 0 Å². The number of unbranched alkanes of at least 4 members (excludes halogenated alkanes) is 1. The zero-order valence-electron chi connectivity index (χ0n) is 17.9. The number of rotatable bonds is 5. The lowest BCUT2D eigenvalue weighted by atomic mass is 9.60. The van der Waals surface area contributed by atoms with E-state index in [0.717, 1.165) is 0 Å². The van der Waals surface area contributed by atoms with Gasteiger partial charge in [0, 0.05) is 31.9 Å². The summed E-state index contributed by atoms with van der Waals surface area (Å²) in [5, 5.41) is 0. The summed E-state index contributed by atoms with van der Waals surface area (Å²) in [5.74, 6) is 0.697. The molecule has 146 valence electrons. The average Bonchev–Trinajstić information content (AvgIpc) is 2.58. The van der Waals surface area contributed by atoms with Gasteiger partial charge in [0.25, 0.3) is 0 Å². The Morgan fingerprint density at radius 2 is 1.54 bits per heavy atom. The van der Waals surface area contributed by atoms with Gasteiger partial charge in [-0.3, -0.25) is 4.90 Å². The number of nitrogens with zero attached hydrogens (tertiary/aromatic N) is 2. The third kappa shape index (κ3) is 4.82. The van der Waals surface area contributed by atoms with Crippen LogP contribution in [0.2, 0.25) is 0 Å². The standard InChI is InChI=1S/C24H40N2/c1-6-7-12-25-13-15-26(16-14-25)22-11-9-8-10-21(22)20-17-23(2,3)19-24(4,5)18-20/h8-11,20H,6-7,12-19H2,1-5H3. The fraction of sp³-hybridized carbons (Fsp3) is 0.750. The highest BCUT2D eigenvalue weighted by atomic mass is 15.3. The number of para-hydroxylation sites is 1. The molecule has 1 aliphatic carbocycles. The Bertz CT molecular complexity index is 566. The SMILES string of the molecule is CCCCN1CCN(c2ccccc2C2CC(C)(C)CC(C)(C)C2)CC1. The van der Waals surface area contributed by atoms with Crippen LogP contribution in [0.4, 0.5) is 5.69 Å². The maximum Gasteiger partial charge on any atom is 0.0402 e. The zero-order chi connectivity index (χ0) is 18.8. The molecular formula is C24H40N2. The second-order valence-corrected chi connectivity index (χ2v) is 10.4. The van der Waals surface area contributed by atoms with Crippen LogP contribution in [0.5, 0.6) is 0 Å². The minimum absolute atomic E-state index is 0.443. The second-order valence-electron chi connectivity index (χ2n) is 10.4. The summed E-state index contributed by atoms with van der Waals surface area (Å²) in [6, 6.07) is 9.29. The molecule has 2 aliphatic rings. The lowest BCUT2D eigenvalue weighted by molar-refractivity contribution is 0.0970. The van der Waals surface area contributed by atoms with Gasteiger partial charge in [0.2, 0.25) is 0 Å². The van der Waals surface area contributed by atoms with Crippen molar-refractivity contribution in [3.05, 3.63) is 29.8 Å². The molecule has 1 aromatic carbocycles. The van der Waals surface area contributed by atoms with Crippen LogP contribution in [-0.4, -0.2) is 37.6 Å². The van der Waals surface area contributed by atoms with Crippen LogP contribution in [0.15, 0.2) is 24.3 Å². The van der Waals surface area contributed by atoms with Crippen molar-refractivity contribution >= 4 is 5.69 Å². The van der Waals surface area contributed by atoms with Gasteiger partial charge in [0.15, 0.2) is 0 Å². The van der Waals surface area contributed by atoms with Crippen molar-refractivity contribution in [1.82, 2.24) is 4.90 Å². The van der Waals surface area contributed by atoms with E-state index in [1.165, 1.54) is 70.5 Å². The van der Waals surface area contributed by atoms with Crippen molar-refractivity contribution in [2.45, 2.75) is 72.6 Å². The fourth-order valence-corrected chi connectivity index (χ4v) is 5.78. The third-order valence-corrected chi connectivity index (χ3v) is 6.47. The van der Waals surface area contributed by atoms with Crippen molar-refractivity contribution in [3.8, 4) is 0 Å². The van der Waals surface area contributed by atoms with Gasteiger partial charge < -0.3 is 4.90 Å². The Morgan fingerprint density at radius 1 is 0.923 bits per heavy atom. The predicted molar refractivity (Wildman–Crippen MR) is 114 cm³/mol. The second kappa shape index (κ2) is 7.92. The fourth-order valence-electron chi connectivity index (χ4n) is 5.78. The summed E-state index contributed by atoms with van der Waals surface area (Å²) in [6.07, 6.45) is 6.63. The van der Waals surface area contributed by atoms with E-state index in [9.17, 15) is 0 Å². The van der Waals surface area contributed by atoms with Crippen molar-refractivity contribution in [1.29, 1.82) is 0 Å². The summed E-state index contributed by atoms with van der Waals surface area (Å²) in [5.41, 5.74) is 4.01. The first-order valence-corrected chi connectivity index (χ1v) is 10.9. The first kappa shape index (κ1) is 19.7. The number of benzene rings is 1. The third-order valence-electron chi connectivity index (χ3n) is 6.47. The van der Waals surface area contributed by atoms with Crippen LogP contribution >= 0.6 is 0 Å². The van der Waals surface area contributed by atoms with Gasteiger partial charge in [-0.15, -0.1) is 0 Å². The molecule has 26 heavy (non-hydrogen) atoms. The van der Waals surface area contributed by atoms with E-state index in [-0.39, 0.29) is 0 Å². The van der Waals surface area contributed by atoms with E-state index in [1.54, 1.807) is 5.56 Å². The quantitative estimate of drug-likeness (QED) is 0.645. The van der Waals surface area contributed by atoms with E-state index in [2.05, 4.69) is 68.7 Å². The topological polar surface area (TPSA) is 6.48 Å². The Hall–Kier alpha value is -1.02. The van der Waals surface area contributed by atoms with Crippen molar-refractivity contribution < 1.29 is 0 Å². The number of hydrogen-bond donors (Lipinski definition) is 0. The highest BCUT2D eigenvalue weighted by Gasteiger charge is 2.39. The molecule has 2 fully saturated rings. The van der Waals surface area contributed by atoms with Crippen molar-refractivity contribution in [2.24, 2.45) is 10.8 Å². The molecule has 0 bridgehead atoms. The molecule has 1 aliphatic heterocycles. The molecule has 1 heterocycles. The summed E-state index contributed by atoms with van der Waals surface area (Å²) >= 11 is 0. The largest absolute Gasteiger partial charge is 0.369 e. The van der Waals surface area contributed by atoms with Gasteiger partial charge in [-0.2, -0.15) is 0 Å². The normalized spacial score (nSPS) is 24.0. The molecule has 2 nitrogen and oxygen atoms in total. The Kier molecular flexibility index (Phi) is 6.01. The Balaban J connectivity index is 1.75. The van der Waals surface area contributed by atoms with Gasteiger partial charge in [-0.1, -0.05) is 59.2 Å². The first-order valence-electron chi connectivity index (χ1n) is 10.9. The molecule has 1 aromatic rings. The molecule has 0 atom stereocenters. The molecule has 0 N–H and O–H groups in total. The summed E-state index contributed by atoms with van der Waals surface area (Å²) in [4.78, 5) is 5.31. The van der Waals surface area contributed by atoms with Crippen LogP contribution < -0.4 is 4.90 Å². The van der Waals surface area contributed by atoms with Crippen molar-refractivity contribution in [3.63, 3.8) is 0 Å². The van der Waals surface area contributed by atoms with Crippen LogP contribution in [0.3, 0.4) is 0 Å². The molecule has 0 aromatic heterocycles. The van der Waals surface area contributed by atoms with Crippen molar-refractivity contribution in [2.75, 3.05) is 37.6 Å². The zero-order valence-corrected chi connectivity index (χ0v) is 17.9. The summed E-state index contributed by atoms with van der Waals surface area (Å²) < 4.78 is 0. The summed E-state index contributed by atoms with van der Waals surface area (Å²) in [6.45, 7) is 18.2. The Labute approximate surface area is 162 Å². The van der Waals surface area contributed by atoms with Gasteiger partial charge in [0.05, 0.1) is 0 Å². The molecule has 0 spiro atoms. The van der Waals surface area contributed by atoms with Crippen LogP contribution in [0, 0.1) is 10.8 Å². The highest BCUT2D eigenvalue weighted by Crippen LogP contribution is 2.53. The lowest BCUT2D eigenvalue weighted by Gasteiger charge is -2.46. The van der Waals surface area contributed by atoms with E-state index in [0.29, 0.717) is 16.7 Å². The number of anilines is 1. The minimum Gasteiger partial charge on any atom is -0.369 e. The highest BCUT2D eigenvalue weighted by molar-refractivity contribution is 5.56. The monoisotopic (exact) mass is 356 g/mol. The predicted octanol–water partition coefficient (Wildman–Crippen LogP) is 5.93. The van der Waals surface area contributed by atoms with E-state index < -0.39 is 0 Å². The van der Waals surface area contributed by atoms with Crippen LogP contribution in [0.25, 0.3) is 0 Å². The molecule has 0 radical (unpaired) electrons. The summed E-state index contributed by atoms with van der Waals surface area (Å²) in [7, 11) is 0. The molecule has 1 saturated heterocycles. The number of piperazine rings is 1. The maximum absolute atomic E-state index is 2.66. The molecule has 3 rings (SSSR count). The smallest absolute Gasteiger partial charge is 0.0402 e. The molecule has 1 saturated carbocycles. The molecule has 2 heteroatoms. The molecule has 0 unspecified atom stereocenters. The van der Waals surface area contributed by atoms with Gasteiger partial charge in [-0.05, 0) is 60.6 Å². The number of hydrogen-bond acceptors (Lipinski definition) is 2. The van der Waals surface area contributed by atoms with E-state index >= 15 is 0 Å². The van der Waals surface area contributed by atoms with Gasteiger partial charge >= 0.3 is 0 Å². The minimum atomic E-state index is 0.443. The van der Waals surface area contributed by atoms with E-state index in [4.69, 9.17) is 0 Å². The van der Waals surface area contributed by atoms with Crippen LogP contribution in [0.1, 0.15) is 78.2 Å². The maximum atomic E-state index is 2.66. The molecule has 0 amide bonds. The van der Waals surface area contributed by atoms with Gasteiger partial charge in [-0.25, -0.2) is 0 Å². The Morgan fingerprint density at radius 3 is 2.15 bits per heavy atom. The average molecular weight is 357 g/mol. The molecular weight excluding hydrogens is 316 g/mol. The first-order chi connectivity index (χ1) is 12.3.